The van der Waals surface area contributed by atoms with Crippen LogP contribution in [0.2, 0.25) is 0 Å². The average Bonchev–Trinajstić information content (AvgIpc) is 3.15. The lowest BCUT2D eigenvalue weighted by molar-refractivity contribution is -0.127. The number of hydrogen-bond donors (Lipinski definition) is 9. The first-order valence-electron chi connectivity index (χ1n) is 32.7. The molecule has 86 heavy (non-hydrogen) atoms. The van der Waals surface area contributed by atoms with Gasteiger partial charge < -0.3 is 85.3 Å². The van der Waals surface area contributed by atoms with Gasteiger partial charge in [0.05, 0.1) is 137 Å². The van der Waals surface area contributed by atoms with Gasteiger partial charge in [0.25, 0.3) is 0 Å². The number of thioether (sulfide) groups is 1. The molecule has 23 nitrogen and oxygen atoms in total. The molecule has 9 N–H and O–H groups in total. The Labute approximate surface area is 519 Å². The van der Waals surface area contributed by atoms with Crippen molar-refractivity contribution in [3.05, 3.63) is 12.2 Å². The third-order valence-corrected chi connectivity index (χ3v) is 16.0. The van der Waals surface area contributed by atoms with E-state index in [4.69, 9.17) is 37.9 Å². The highest BCUT2D eigenvalue weighted by Gasteiger charge is 2.42. The maximum Gasteiger partial charge on any atom is 0.315 e. The number of nitrogens with one attached hydrogen (secondary N) is 7. The average molecular weight is 1250 g/mol. The molecule has 24 heteroatoms. The Bertz CT molecular complexity index is 1730. The molecule has 5 atom stereocenters. The molecule has 0 aromatic rings. The molecule has 2 rings (SSSR count). The zero-order chi connectivity index (χ0) is 62.0. The fourth-order valence-corrected chi connectivity index (χ4v) is 11.0. The van der Waals surface area contributed by atoms with Gasteiger partial charge in [-0.2, -0.15) is 11.8 Å². The minimum absolute atomic E-state index is 0.0154. The number of fused-ring (bicyclic) bond motifs is 1. The molecular weight excluding hydrogens is 1130 g/mol. The van der Waals surface area contributed by atoms with E-state index >= 15 is 0 Å². The first-order chi connectivity index (χ1) is 42.1. The molecule has 2 heterocycles. The van der Waals surface area contributed by atoms with E-state index in [2.05, 4.69) is 44.1 Å². The number of aliphatic hydroxyl groups excluding tert-OH is 2. The van der Waals surface area contributed by atoms with Gasteiger partial charge in [0.1, 0.15) is 0 Å². The summed E-state index contributed by atoms with van der Waals surface area (Å²) < 4.78 is 44.1. The first-order valence-corrected chi connectivity index (χ1v) is 33.8. The van der Waals surface area contributed by atoms with Gasteiger partial charge in [-0.15, -0.1) is 0 Å². The van der Waals surface area contributed by atoms with Gasteiger partial charge in [0.15, 0.2) is 0 Å². The Hall–Kier alpha value is -3.69. The van der Waals surface area contributed by atoms with Crippen molar-refractivity contribution in [2.75, 3.05) is 144 Å². The Balaban J connectivity index is 1.20. The molecular formula is C62H115N7O16S. The van der Waals surface area contributed by atoms with Crippen molar-refractivity contribution in [3.8, 4) is 0 Å². The van der Waals surface area contributed by atoms with Crippen molar-refractivity contribution < 1.29 is 76.9 Å². The molecule has 0 aromatic heterocycles. The van der Waals surface area contributed by atoms with Gasteiger partial charge in [0, 0.05) is 69.3 Å². The SMILES string of the molecule is CCCCCCCCCCCCCC=C[C@H](O)C(CO)NC(=O)CCC(=O)NCCOCCOCCOCCOCCOCCOCCOCCOCCNC(=O)CCCCCNC(=O)CCCCCNC(=O)CCCC[C@@H]1SC[C@@H]2NC(=O)N[C@@H]21. The van der Waals surface area contributed by atoms with Crippen LogP contribution in [-0.2, 0) is 61.9 Å². The standard InChI is InChI=1S/C62H115N7O16S/c1-2-3-4-5-6-7-8-9-10-11-12-13-16-23-54(71)52(50-70)67-60(76)29-28-59(75)66-33-35-79-37-39-81-41-43-83-45-47-85-49-48-84-46-44-82-42-40-80-38-36-78-34-32-65-58(74)26-18-15-22-30-63-56(72)25-17-14-21-31-64-57(73)27-20-19-24-55-61-53(51-86-55)68-62(77)69-61/h16,23,52-55,61,70-71H,2-15,17-22,24-51H2,1H3,(H,63,72)(H,64,73)(H,65,74)(H,66,75)(H,67,76)(H2,68,69,77)/t52?,53-,54-,55-,61-/m0/s1. The Morgan fingerprint density at radius 3 is 1.33 bits per heavy atom. The fraction of sp³-hybridized carbons (Fsp3) is 0.871. The van der Waals surface area contributed by atoms with Gasteiger partial charge in [-0.1, -0.05) is 103 Å². The molecule has 2 fully saturated rings. The van der Waals surface area contributed by atoms with Gasteiger partial charge >= 0.3 is 6.03 Å². The first kappa shape index (κ1) is 78.4. The highest BCUT2D eigenvalue weighted by Crippen LogP contribution is 2.33. The summed E-state index contributed by atoms with van der Waals surface area (Å²) in [5.41, 5.74) is 0. The summed E-state index contributed by atoms with van der Waals surface area (Å²) in [5.74, 6) is 0.338. The number of ether oxygens (including phenoxy) is 8. The molecule has 0 spiro atoms. The lowest BCUT2D eigenvalue weighted by Gasteiger charge is -2.19. The number of rotatable bonds is 63. The van der Waals surface area contributed by atoms with Crippen LogP contribution in [-0.4, -0.2) is 220 Å². The van der Waals surface area contributed by atoms with Crippen molar-refractivity contribution >= 4 is 47.3 Å². The lowest BCUT2D eigenvalue weighted by Crippen LogP contribution is -2.45. The van der Waals surface area contributed by atoms with Crippen molar-refractivity contribution in [1.29, 1.82) is 0 Å². The molecule has 0 bridgehead atoms. The normalized spacial score (nSPS) is 16.2. The zero-order valence-corrected chi connectivity index (χ0v) is 53.3. The number of allylic oxidation sites excluding steroid dienone is 1. The smallest absolute Gasteiger partial charge is 0.315 e. The van der Waals surface area contributed by atoms with Crippen molar-refractivity contribution in [1.82, 2.24) is 37.2 Å². The molecule has 7 amide bonds. The van der Waals surface area contributed by atoms with E-state index < -0.39 is 24.7 Å². The molecule has 500 valence electrons. The summed E-state index contributed by atoms with van der Waals surface area (Å²) in [6.07, 6.45) is 26.5. The summed E-state index contributed by atoms with van der Waals surface area (Å²) in [6.45, 7) is 10.4. The fourth-order valence-electron chi connectivity index (χ4n) is 9.47. The topological polar surface area (TPSA) is 301 Å². The van der Waals surface area contributed by atoms with Crippen LogP contribution >= 0.6 is 11.8 Å². The van der Waals surface area contributed by atoms with Crippen LogP contribution in [0.25, 0.3) is 0 Å². The molecule has 0 aromatic carbocycles. The van der Waals surface area contributed by atoms with Crippen LogP contribution in [0.5, 0.6) is 0 Å². The number of aliphatic hydroxyl groups is 2. The van der Waals surface area contributed by atoms with E-state index in [-0.39, 0.29) is 54.6 Å². The number of carbonyl (C=O) groups excluding carboxylic acids is 6. The van der Waals surface area contributed by atoms with Gasteiger partial charge in [0.2, 0.25) is 29.5 Å². The van der Waals surface area contributed by atoms with Crippen LogP contribution < -0.4 is 37.2 Å². The number of hydrogen-bond acceptors (Lipinski definition) is 17. The van der Waals surface area contributed by atoms with Crippen LogP contribution in [0, 0.1) is 0 Å². The zero-order valence-electron chi connectivity index (χ0n) is 52.5. The van der Waals surface area contributed by atoms with Crippen molar-refractivity contribution in [2.45, 2.75) is 203 Å². The van der Waals surface area contributed by atoms with E-state index in [9.17, 15) is 39.0 Å². The number of amides is 7. The van der Waals surface area contributed by atoms with E-state index in [0.717, 1.165) is 82.8 Å². The highest BCUT2D eigenvalue weighted by atomic mass is 32.2. The van der Waals surface area contributed by atoms with Gasteiger partial charge in [-0.05, 0) is 51.4 Å². The third-order valence-electron chi connectivity index (χ3n) is 14.5. The quantitative estimate of drug-likeness (QED) is 0.0212. The highest BCUT2D eigenvalue weighted by molar-refractivity contribution is 8.00. The van der Waals surface area contributed by atoms with E-state index in [1.807, 2.05) is 17.8 Å². The Morgan fingerprint density at radius 1 is 0.488 bits per heavy atom. The van der Waals surface area contributed by atoms with Crippen LogP contribution in [0.4, 0.5) is 4.79 Å². The van der Waals surface area contributed by atoms with E-state index in [1.165, 1.54) is 57.8 Å². The van der Waals surface area contributed by atoms with E-state index in [1.54, 1.807) is 6.08 Å². The summed E-state index contributed by atoms with van der Waals surface area (Å²) in [5, 5.41) is 40.7. The molecule has 0 radical (unpaired) electrons. The van der Waals surface area contributed by atoms with Crippen molar-refractivity contribution in [3.63, 3.8) is 0 Å². The minimum atomic E-state index is -1.01. The number of unbranched alkanes of at least 4 members (excludes halogenated alkanes) is 16. The minimum Gasteiger partial charge on any atom is -0.394 e. The van der Waals surface area contributed by atoms with Gasteiger partial charge in [-0.3, -0.25) is 24.0 Å². The predicted molar refractivity (Wildman–Crippen MR) is 334 cm³/mol. The van der Waals surface area contributed by atoms with E-state index in [0.29, 0.717) is 156 Å². The monoisotopic (exact) mass is 1250 g/mol. The molecule has 2 aliphatic heterocycles. The van der Waals surface area contributed by atoms with Gasteiger partial charge in [-0.25, -0.2) is 4.79 Å². The number of urea groups is 1. The summed E-state index contributed by atoms with van der Waals surface area (Å²) in [6, 6.07) is -0.458. The third kappa shape index (κ3) is 47.3. The maximum atomic E-state index is 12.4. The summed E-state index contributed by atoms with van der Waals surface area (Å²) in [4.78, 5) is 72.6. The maximum absolute atomic E-state index is 12.4. The Kier molecular flexibility index (Phi) is 52.6. The van der Waals surface area contributed by atoms with Crippen LogP contribution in [0.15, 0.2) is 12.2 Å². The summed E-state index contributed by atoms with van der Waals surface area (Å²) in [7, 11) is 0. The molecule has 2 aliphatic rings. The van der Waals surface area contributed by atoms with Crippen molar-refractivity contribution in [2.24, 2.45) is 0 Å². The lowest BCUT2D eigenvalue weighted by atomic mass is 10.0. The molecule has 0 aliphatic carbocycles. The largest absolute Gasteiger partial charge is 0.394 e. The van der Waals surface area contributed by atoms with Crippen LogP contribution in [0.1, 0.15) is 174 Å². The predicted octanol–water partition coefficient (Wildman–Crippen LogP) is 5.31. The number of carbonyl (C=O) groups is 6. The second-order valence-electron chi connectivity index (χ2n) is 21.9. The molecule has 2 saturated heterocycles. The second-order valence-corrected chi connectivity index (χ2v) is 23.2. The molecule has 0 saturated carbocycles. The Morgan fingerprint density at radius 2 is 0.872 bits per heavy atom. The van der Waals surface area contributed by atoms with Crippen LogP contribution in [0.3, 0.4) is 0 Å². The molecule has 1 unspecified atom stereocenters. The summed E-state index contributed by atoms with van der Waals surface area (Å²) >= 11 is 1.90. The second kappa shape index (κ2) is 57.7.